The smallest absolute Gasteiger partial charge is 0.115 e. The van der Waals surface area contributed by atoms with E-state index in [9.17, 15) is 5.11 Å². The zero-order valence-electron chi connectivity index (χ0n) is 12.2. The molecule has 1 N–H and O–H groups in total. The third kappa shape index (κ3) is 4.22. The lowest BCUT2D eigenvalue weighted by atomic mass is 10.0. The van der Waals surface area contributed by atoms with Crippen molar-refractivity contribution in [2.75, 3.05) is 13.1 Å². The SMILES string of the molecule is CC(CCc1ccc(O)cc1)N1C[C@@H](C)O[C@@H](C)C1. The molecule has 0 saturated carbocycles. The van der Waals surface area contributed by atoms with Crippen LogP contribution in [0.4, 0.5) is 0 Å². The maximum absolute atomic E-state index is 9.27. The van der Waals surface area contributed by atoms with Crippen LogP contribution in [0.5, 0.6) is 5.75 Å². The third-order valence-electron chi connectivity index (χ3n) is 3.86. The summed E-state index contributed by atoms with van der Waals surface area (Å²) < 4.78 is 5.77. The normalized spacial score (nSPS) is 26.3. The standard InChI is InChI=1S/C16H25NO2/c1-12(17-10-13(2)19-14(3)11-17)4-5-15-6-8-16(18)9-7-15/h6-9,12-14,18H,4-5,10-11H2,1-3H3/t12?,13-,14+. The average Bonchev–Trinajstić information content (AvgIpc) is 2.36. The van der Waals surface area contributed by atoms with Crippen LogP contribution >= 0.6 is 0 Å². The summed E-state index contributed by atoms with van der Waals surface area (Å²) in [6.07, 6.45) is 2.87. The summed E-state index contributed by atoms with van der Waals surface area (Å²) in [4.78, 5) is 2.53. The van der Waals surface area contributed by atoms with Crippen LogP contribution in [0, 0.1) is 0 Å². The van der Waals surface area contributed by atoms with Crippen molar-refractivity contribution in [2.45, 2.75) is 51.9 Å². The maximum atomic E-state index is 9.27. The lowest BCUT2D eigenvalue weighted by molar-refractivity contribution is -0.0790. The second kappa shape index (κ2) is 6.40. The molecule has 0 amide bonds. The van der Waals surface area contributed by atoms with Crippen LogP contribution in [0.15, 0.2) is 24.3 Å². The quantitative estimate of drug-likeness (QED) is 0.906. The molecule has 3 atom stereocenters. The minimum Gasteiger partial charge on any atom is -0.508 e. The summed E-state index contributed by atoms with van der Waals surface area (Å²) in [5.74, 6) is 0.340. The lowest BCUT2D eigenvalue weighted by Crippen LogP contribution is -2.49. The van der Waals surface area contributed by atoms with Gasteiger partial charge in [-0.1, -0.05) is 12.1 Å². The number of phenolic OH excluding ortho intramolecular Hbond substituents is 1. The molecular weight excluding hydrogens is 238 g/mol. The molecule has 0 aromatic heterocycles. The van der Waals surface area contributed by atoms with Crippen LogP contribution < -0.4 is 0 Å². The number of aryl methyl sites for hydroxylation is 1. The number of benzene rings is 1. The fourth-order valence-electron chi connectivity index (χ4n) is 2.80. The Morgan fingerprint density at radius 3 is 2.37 bits per heavy atom. The first kappa shape index (κ1) is 14.4. The van der Waals surface area contributed by atoms with E-state index in [0.29, 0.717) is 24.0 Å². The number of nitrogens with zero attached hydrogens (tertiary/aromatic N) is 1. The van der Waals surface area contributed by atoms with Crippen LogP contribution in [0.3, 0.4) is 0 Å². The van der Waals surface area contributed by atoms with E-state index in [1.54, 1.807) is 12.1 Å². The molecule has 1 aliphatic rings. The molecule has 3 nitrogen and oxygen atoms in total. The Morgan fingerprint density at radius 2 is 1.79 bits per heavy atom. The topological polar surface area (TPSA) is 32.7 Å². The molecule has 1 aliphatic heterocycles. The molecule has 0 aliphatic carbocycles. The molecule has 0 radical (unpaired) electrons. The molecule has 1 aromatic rings. The average molecular weight is 263 g/mol. The van der Waals surface area contributed by atoms with Gasteiger partial charge in [0.1, 0.15) is 5.75 Å². The number of ether oxygens (including phenoxy) is 1. The van der Waals surface area contributed by atoms with E-state index in [-0.39, 0.29) is 0 Å². The Balaban J connectivity index is 1.83. The number of morpholine rings is 1. The van der Waals surface area contributed by atoms with Gasteiger partial charge in [-0.15, -0.1) is 0 Å². The monoisotopic (exact) mass is 263 g/mol. The second-order valence-corrected chi connectivity index (χ2v) is 5.77. The van der Waals surface area contributed by atoms with Gasteiger partial charge in [-0.3, -0.25) is 4.90 Å². The molecule has 106 valence electrons. The lowest BCUT2D eigenvalue weighted by Gasteiger charge is -2.39. The van der Waals surface area contributed by atoms with Gasteiger partial charge >= 0.3 is 0 Å². The van der Waals surface area contributed by atoms with Crippen molar-refractivity contribution in [3.8, 4) is 5.75 Å². The predicted octanol–water partition coefficient (Wildman–Crippen LogP) is 2.82. The van der Waals surface area contributed by atoms with Crippen LogP contribution in [-0.4, -0.2) is 41.3 Å². The molecule has 1 fully saturated rings. The molecule has 0 bridgehead atoms. The molecule has 19 heavy (non-hydrogen) atoms. The first-order chi connectivity index (χ1) is 9.04. The van der Waals surface area contributed by atoms with E-state index in [1.165, 1.54) is 5.56 Å². The van der Waals surface area contributed by atoms with Gasteiger partial charge in [-0.2, -0.15) is 0 Å². The highest BCUT2D eigenvalue weighted by Gasteiger charge is 2.25. The summed E-state index contributed by atoms with van der Waals surface area (Å²) >= 11 is 0. The Bertz CT molecular complexity index is 380. The van der Waals surface area contributed by atoms with Crippen LogP contribution in [-0.2, 0) is 11.2 Å². The Hall–Kier alpha value is -1.06. The van der Waals surface area contributed by atoms with Crippen molar-refractivity contribution in [2.24, 2.45) is 0 Å². The third-order valence-corrected chi connectivity index (χ3v) is 3.86. The maximum Gasteiger partial charge on any atom is 0.115 e. The molecule has 0 spiro atoms. The highest BCUT2D eigenvalue weighted by molar-refractivity contribution is 5.25. The number of phenols is 1. The van der Waals surface area contributed by atoms with Crippen molar-refractivity contribution in [3.63, 3.8) is 0 Å². The van der Waals surface area contributed by atoms with E-state index in [0.717, 1.165) is 25.9 Å². The summed E-state index contributed by atoms with van der Waals surface area (Å²) in [5.41, 5.74) is 1.29. The van der Waals surface area contributed by atoms with Crippen LogP contribution in [0.2, 0.25) is 0 Å². The van der Waals surface area contributed by atoms with E-state index in [2.05, 4.69) is 25.7 Å². The van der Waals surface area contributed by atoms with Crippen LogP contribution in [0.25, 0.3) is 0 Å². The summed E-state index contributed by atoms with van der Waals surface area (Å²) in [7, 11) is 0. The van der Waals surface area contributed by atoms with Gasteiger partial charge in [0.05, 0.1) is 12.2 Å². The largest absolute Gasteiger partial charge is 0.508 e. The molecular formula is C16H25NO2. The van der Waals surface area contributed by atoms with E-state index in [4.69, 9.17) is 4.74 Å². The molecule has 3 heteroatoms. The predicted molar refractivity (Wildman–Crippen MR) is 77.5 cm³/mol. The Morgan fingerprint density at radius 1 is 1.21 bits per heavy atom. The van der Waals surface area contributed by atoms with Crippen molar-refractivity contribution in [3.05, 3.63) is 29.8 Å². The van der Waals surface area contributed by atoms with Crippen LogP contribution in [0.1, 0.15) is 32.8 Å². The van der Waals surface area contributed by atoms with E-state index < -0.39 is 0 Å². The summed E-state index contributed by atoms with van der Waals surface area (Å²) in [6.45, 7) is 8.65. The number of rotatable bonds is 4. The number of hydrogen-bond acceptors (Lipinski definition) is 3. The zero-order chi connectivity index (χ0) is 13.8. The van der Waals surface area contributed by atoms with Gasteiger partial charge in [0, 0.05) is 19.1 Å². The highest BCUT2D eigenvalue weighted by Crippen LogP contribution is 2.18. The van der Waals surface area contributed by atoms with Crippen molar-refractivity contribution < 1.29 is 9.84 Å². The first-order valence-corrected chi connectivity index (χ1v) is 7.22. The molecule has 1 unspecified atom stereocenters. The van der Waals surface area contributed by atoms with E-state index >= 15 is 0 Å². The van der Waals surface area contributed by atoms with Gasteiger partial charge in [-0.05, 0) is 51.3 Å². The van der Waals surface area contributed by atoms with Gasteiger partial charge < -0.3 is 9.84 Å². The first-order valence-electron chi connectivity index (χ1n) is 7.22. The fourth-order valence-corrected chi connectivity index (χ4v) is 2.80. The van der Waals surface area contributed by atoms with Crippen molar-refractivity contribution in [1.29, 1.82) is 0 Å². The number of aromatic hydroxyl groups is 1. The molecule has 1 saturated heterocycles. The summed E-state index contributed by atoms with van der Waals surface area (Å²) in [6, 6.07) is 8.11. The second-order valence-electron chi connectivity index (χ2n) is 5.77. The Kier molecular flexibility index (Phi) is 4.83. The molecule has 1 aromatic carbocycles. The Labute approximate surface area is 116 Å². The van der Waals surface area contributed by atoms with Crippen molar-refractivity contribution >= 4 is 0 Å². The van der Waals surface area contributed by atoms with Gasteiger partial charge in [0.15, 0.2) is 0 Å². The minimum absolute atomic E-state index is 0.333. The molecule has 2 rings (SSSR count). The van der Waals surface area contributed by atoms with Crippen molar-refractivity contribution in [1.82, 2.24) is 4.90 Å². The van der Waals surface area contributed by atoms with Gasteiger partial charge in [0.25, 0.3) is 0 Å². The minimum atomic E-state index is 0.333. The van der Waals surface area contributed by atoms with Gasteiger partial charge in [0.2, 0.25) is 0 Å². The zero-order valence-corrected chi connectivity index (χ0v) is 12.2. The fraction of sp³-hybridized carbons (Fsp3) is 0.625. The summed E-state index contributed by atoms with van der Waals surface area (Å²) in [5, 5.41) is 9.27. The highest BCUT2D eigenvalue weighted by atomic mass is 16.5. The molecule has 1 heterocycles. The van der Waals surface area contributed by atoms with Gasteiger partial charge in [-0.25, -0.2) is 0 Å². The van der Waals surface area contributed by atoms with E-state index in [1.807, 2.05) is 12.1 Å². The number of hydrogen-bond donors (Lipinski definition) is 1.